The highest BCUT2D eigenvalue weighted by molar-refractivity contribution is 5.97. The molecule has 1 unspecified atom stereocenters. The van der Waals surface area contributed by atoms with Gasteiger partial charge in [-0.2, -0.15) is 0 Å². The van der Waals surface area contributed by atoms with Crippen LogP contribution in [0.2, 0.25) is 0 Å². The van der Waals surface area contributed by atoms with Crippen molar-refractivity contribution in [1.82, 2.24) is 0 Å². The van der Waals surface area contributed by atoms with Gasteiger partial charge in [0.2, 0.25) is 6.10 Å². The van der Waals surface area contributed by atoms with Crippen LogP contribution >= 0.6 is 0 Å². The van der Waals surface area contributed by atoms with Crippen molar-refractivity contribution in [2.45, 2.75) is 6.10 Å². The summed E-state index contributed by atoms with van der Waals surface area (Å²) < 4.78 is 21.2. The molecule has 7 nitrogen and oxygen atoms in total. The first kappa shape index (κ1) is 23.4. The Morgan fingerprint density at radius 2 is 1.58 bits per heavy atom. The molecule has 170 valence electrons. The van der Waals surface area contributed by atoms with E-state index in [2.05, 4.69) is 5.32 Å². The Bertz CT molecular complexity index is 1130. The molecule has 3 aromatic carbocycles. The molecule has 0 heterocycles. The van der Waals surface area contributed by atoms with E-state index < -0.39 is 18.0 Å². The molecular formula is C26H25NO6. The zero-order valence-corrected chi connectivity index (χ0v) is 18.6. The number of amides is 1. The fourth-order valence-corrected chi connectivity index (χ4v) is 3.09. The Labute approximate surface area is 192 Å². The zero-order chi connectivity index (χ0) is 23.6. The second kappa shape index (κ2) is 11.4. The van der Waals surface area contributed by atoms with E-state index >= 15 is 0 Å². The van der Waals surface area contributed by atoms with Crippen LogP contribution < -0.4 is 19.5 Å². The number of carbonyl (C=O) groups excluding carboxylic acids is 2. The van der Waals surface area contributed by atoms with Crippen LogP contribution in [0.3, 0.4) is 0 Å². The summed E-state index contributed by atoms with van der Waals surface area (Å²) in [7, 11) is 4.62. The van der Waals surface area contributed by atoms with Gasteiger partial charge in [-0.25, -0.2) is 4.79 Å². The number of rotatable bonds is 9. The summed E-state index contributed by atoms with van der Waals surface area (Å²) in [5.74, 6) is 0.559. The van der Waals surface area contributed by atoms with E-state index in [1.807, 2.05) is 6.07 Å². The third kappa shape index (κ3) is 6.36. The molecule has 7 heteroatoms. The average Bonchev–Trinajstić information content (AvgIpc) is 2.86. The highest BCUT2D eigenvalue weighted by Gasteiger charge is 2.24. The minimum absolute atomic E-state index is 0.484. The molecule has 0 bridgehead atoms. The molecule has 0 saturated carbocycles. The van der Waals surface area contributed by atoms with E-state index in [1.165, 1.54) is 13.2 Å². The fourth-order valence-electron chi connectivity index (χ4n) is 3.09. The second-order valence-electron chi connectivity index (χ2n) is 6.90. The molecule has 0 aliphatic carbocycles. The first-order valence-corrected chi connectivity index (χ1v) is 10.1. The zero-order valence-electron chi connectivity index (χ0n) is 18.6. The van der Waals surface area contributed by atoms with Gasteiger partial charge in [-0.05, 0) is 35.9 Å². The highest BCUT2D eigenvalue weighted by Crippen LogP contribution is 2.28. The van der Waals surface area contributed by atoms with Crippen LogP contribution in [0.5, 0.6) is 17.2 Å². The molecule has 0 radical (unpaired) electrons. The van der Waals surface area contributed by atoms with Gasteiger partial charge in [0.25, 0.3) is 5.91 Å². The molecule has 0 fully saturated rings. The number of ether oxygens (including phenoxy) is 4. The van der Waals surface area contributed by atoms with E-state index in [0.717, 1.165) is 0 Å². The molecule has 0 saturated heterocycles. The standard InChI is InChI=1S/C26H25NO6/c1-30-21-11-7-10-20(17-21)27-26(29)25(19-8-5-4-6-9-19)33-24(28)15-13-18-12-14-22(31-2)23(16-18)32-3/h4-17,25H,1-3H3,(H,27,29)/b15-13+. The van der Waals surface area contributed by atoms with Crippen molar-refractivity contribution in [2.24, 2.45) is 0 Å². The predicted molar refractivity (Wildman–Crippen MR) is 125 cm³/mol. The van der Waals surface area contributed by atoms with Gasteiger partial charge >= 0.3 is 5.97 Å². The van der Waals surface area contributed by atoms with Gasteiger partial charge in [-0.15, -0.1) is 0 Å². The Kier molecular flexibility index (Phi) is 8.07. The minimum Gasteiger partial charge on any atom is -0.497 e. The first-order chi connectivity index (χ1) is 16.0. The summed E-state index contributed by atoms with van der Waals surface area (Å²) in [6, 6.07) is 21.0. The summed E-state index contributed by atoms with van der Waals surface area (Å²) in [6.07, 6.45) is 1.70. The van der Waals surface area contributed by atoms with Gasteiger partial charge in [-0.3, -0.25) is 4.79 Å². The number of carbonyl (C=O) groups is 2. The Balaban J connectivity index is 1.77. The van der Waals surface area contributed by atoms with Crippen molar-refractivity contribution in [2.75, 3.05) is 26.6 Å². The number of nitrogens with one attached hydrogen (secondary N) is 1. The molecule has 0 aliphatic rings. The smallest absolute Gasteiger partial charge is 0.331 e. The third-order valence-corrected chi connectivity index (χ3v) is 4.73. The predicted octanol–water partition coefficient (Wildman–Crippen LogP) is 4.65. The lowest BCUT2D eigenvalue weighted by Crippen LogP contribution is -2.25. The molecule has 3 rings (SSSR count). The summed E-state index contributed by atoms with van der Waals surface area (Å²) in [6.45, 7) is 0. The van der Waals surface area contributed by atoms with E-state index in [0.29, 0.717) is 34.1 Å². The molecule has 3 aromatic rings. The van der Waals surface area contributed by atoms with Crippen molar-refractivity contribution in [3.8, 4) is 17.2 Å². The molecule has 0 aliphatic heterocycles. The second-order valence-corrected chi connectivity index (χ2v) is 6.90. The van der Waals surface area contributed by atoms with Crippen LogP contribution in [0.25, 0.3) is 6.08 Å². The summed E-state index contributed by atoms with van der Waals surface area (Å²) in [5.41, 5.74) is 1.78. The molecule has 0 spiro atoms. The maximum absolute atomic E-state index is 13.0. The monoisotopic (exact) mass is 447 g/mol. The van der Waals surface area contributed by atoms with Crippen LogP contribution in [-0.2, 0) is 14.3 Å². The van der Waals surface area contributed by atoms with Crippen LogP contribution in [0.15, 0.2) is 78.9 Å². The Hall–Kier alpha value is -4.26. The van der Waals surface area contributed by atoms with Crippen molar-refractivity contribution >= 4 is 23.6 Å². The number of hydrogen-bond donors (Lipinski definition) is 1. The topological polar surface area (TPSA) is 83.1 Å². The number of anilines is 1. The number of esters is 1. The number of benzene rings is 3. The van der Waals surface area contributed by atoms with Crippen molar-refractivity contribution < 1.29 is 28.5 Å². The molecule has 1 atom stereocenters. The lowest BCUT2D eigenvalue weighted by molar-refractivity contribution is -0.149. The molecule has 1 N–H and O–H groups in total. The summed E-state index contributed by atoms with van der Waals surface area (Å²) in [4.78, 5) is 25.6. The maximum Gasteiger partial charge on any atom is 0.331 e. The largest absolute Gasteiger partial charge is 0.497 e. The molecular weight excluding hydrogens is 422 g/mol. The third-order valence-electron chi connectivity index (χ3n) is 4.73. The average molecular weight is 447 g/mol. The lowest BCUT2D eigenvalue weighted by atomic mass is 10.1. The first-order valence-electron chi connectivity index (χ1n) is 10.1. The van der Waals surface area contributed by atoms with Crippen molar-refractivity contribution in [1.29, 1.82) is 0 Å². The molecule has 0 aromatic heterocycles. The fraction of sp³-hybridized carbons (Fsp3) is 0.154. The van der Waals surface area contributed by atoms with Crippen LogP contribution in [0, 0.1) is 0 Å². The van der Waals surface area contributed by atoms with Gasteiger partial charge in [-0.1, -0.05) is 42.5 Å². The highest BCUT2D eigenvalue weighted by atomic mass is 16.5. The molecule has 1 amide bonds. The van der Waals surface area contributed by atoms with Gasteiger partial charge in [0.1, 0.15) is 5.75 Å². The summed E-state index contributed by atoms with van der Waals surface area (Å²) >= 11 is 0. The van der Waals surface area contributed by atoms with Crippen molar-refractivity contribution in [3.63, 3.8) is 0 Å². The van der Waals surface area contributed by atoms with Crippen LogP contribution in [-0.4, -0.2) is 33.2 Å². The normalized spacial score (nSPS) is 11.5. The number of methoxy groups -OCH3 is 3. The van der Waals surface area contributed by atoms with E-state index in [1.54, 1.807) is 87.0 Å². The molecule has 33 heavy (non-hydrogen) atoms. The quantitative estimate of drug-likeness (QED) is 0.380. The SMILES string of the molecule is COc1cccc(NC(=O)C(OC(=O)/C=C/c2ccc(OC)c(OC)c2)c2ccccc2)c1. The maximum atomic E-state index is 13.0. The van der Waals surface area contributed by atoms with Gasteiger partial charge in [0.15, 0.2) is 11.5 Å². The van der Waals surface area contributed by atoms with Gasteiger partial charge in [0.05, 0.1) is 21.3 Å². The van der Waals surface area contributed by atoms with E-state index in [-0.39, 0.29) is 0 Å². The number of hydrogen-bond acceptors (Lipinski definition) is 6. The summed E-state index contributed by atoms with van der Waals surface area (Å²) in [5, 5.41) is 2.77. The van der Waals surface area contributed by atoms with E-state index in [4.69, 9.17) is 18.9 Å². The Morgan fingerprint density at radius 3 is 2.27 bits per heavy atom. The van der Waals surface area contributed by atoms with Crippen LogP contribution in [0.1, 0.15) is 17.2 Å². The van der Waals surface area contributed by atoms with Crippen molar-refractivity contribution in [3.05, 3.63) is 90.0 Å². The minimum atomic E-state index is -1.14. The van der Waals surface area contributed by atoms with Crippen LogP contribution in [0.4, 0.5) is 5.69 Å². The van der Waals surface area contributed by atoms with Gasteiger partial charge < -0.3 is 24.3 Å². The van der Waals surface area contributed by atoms with E-state index in [9.17, 15) is 9.59 Å². The van der Waals surface area contributed by atoms with Gasteiger partial charge in [0, 0.05) is 23.4 Å². The lowest BCUT2D eigenvalue weighted by Gasteiger charge is -2.17. The Morgan fingerprint density at radius 1 is 0.818 bits per heavy atom.